The highest BCUT2D eigenvalue weighted by molar-refractivity contribution is 5.88. The van der Waals surface area contributed by atoms with Gasteiger partial charge in [-0.25, -0.2) is 0 Å². The fourth-order valence-electron chi connectivity index (χ4n) is 2.24. The van der Waals surface area contributed by atoms with Gasteiger partial charge in [0.2, 0.25) is 0 Å². The molecule has 0 aliphatic carbocycles. The van der Waals surface area contributed by atoms with E-state index in [9.17, 15) is 4.79 Å². The van der Waals surface area contributed by atoms with Crippen molar-refractivity contribution in [3.63, 3.8) is 0 Å². The topological polar surface area (TPSA) is 44.8 Å². The highest BCUT2D eigenvalue weighted by Crippen LogP contribution is 2.39. The van der Waals surface area contributed by atoms with Crippen LogP contribution in [0.2, 0.25) is 0 Å². The van der Waals surface area contributed by atoms with E-state index in [-0.39, 0.29) is 18.0 Å². The zero-order valence-corrected chi connectivity index (χ0v) is 7.91. The molecule has 0 unspecified atom stereocenters. The van der Waals surface area contributed by atoms with Crippen molar-refractivity contribution in [3.8, 4) is 0 Å². The van der Waals surface area contributed by atoms with Gasteiger partial charge in [0.1, 0.15) is 6.10 Å². The second-order valence-electron chi connectivity index (χ2n) is 3.53. The van der Waals surface area contributed by atoms with Crippen molar-refractivity contribution in [1.82, 2.24) is 0 Å². The number of ketones is 1. The van der Waals surface area contributed by atoms with Gasteiger partial charge >= 0.3 is 0 Å². The molecule has 0 aromatic rings. The number of carbonyl (C=O) groups excluding carboxylic acids is 1. The molecule has 2 saturated heterocycles. The van der Waals surface area contributed by atoms with Crippen LogP contribution in [0.25, 0.3) is 0 Å². The Bertz CT molecular complexity index is 222. The molecule has 0 radical (unpaired) electrons. The van der Waals surface area contributed by atoms with Gasteiger partial charge in [-0.1, -0.05) is 0 Å². The van der Waals surface area contributed by atoms with Crippen LogP contribution in [0.4, 0.5) is 0 Å². The maximum Gasteiger partial charge on any atom is 0.255 e. The van der Waals surface area contributed by atoms with Crippen molar-refractivity contribution >= 4 is 5.78 Å². The molecule has 0 N–H and O–H groups in total. The summed E-state index contributed by atoms with van der Waals surface area (Å²) < 4.78 is 15.9. The monoisotopic (exact) mass is 186 g/mol. The third-order valence-electron chi connectivity index (χ3n) is 2.94. The number of hydrogen-bond acceptors (Lipinski definition) is 4. The minimum Gasteiger partial charge on any atom is -0.368 e. The van der Waals surface area contributed by atoms with E-state index >= 15 is 0 Å². The van der Waals surface area contributed by atoms with E-state index in [1.54, 1.807) is 0 Å². The lowest BCUT2D eigenvalue weighted by atomic mass is 10.0. The molecule has 2 aliphatic heterocycles. The standard InChI is InChI=1S/C9H14O4/c1-11-9(12-2)7(10)5-6-3-4-8(9)13-6/h6,8H,3-5H2,1-2H3/t6-,8+/m0/s1. The molecule has 0 aromatic heterocycles. The largest absolute Gasteiger partial charge is 0.368 e. The predicted octanol–water partition coefficient (Wildman–Crippen LogP) is 0.496. The lowest BCUT2D eigenvalue weighted by Crippen LogP contribution is -2.56. The predicted molar refractivity (Wildman–Crippen MR) is 44.3 cm³/mol. The fourth-order valence-corrected chi connectivity index (χ4v) is 2.24. The van der Waals surface area contributed by atoms with Crippen LogP contribution in [0.15, 0.2) is 0 Å². The summed E-state index contributed by atoms with van der Waals surface area (Å²) >= 11 is 0. The molecule has 2 rings (SSSR count). The molecule has 0 aromatic carbocycles. The minimum atomic E-state index is -1.13. The van der Waals surface area contributed by atoms with E-state index in [1.807, 2.05) is 0 Å². The average molecular weight is 186 g/mol. The number of carbonyl (C=O) groups is 1. The summed E-state index contributed by atoms with van der Waals surface area (Å²) in [5.74, 6) is -1.12. The second kappa shape index (κ2) is 3.04. The number of fused-ring (bicyclic) bond motifs is 2. The summed E-state index contributed by atoms with van der Waals surface area (Å²) in [6, 6.07) is 0. The Balaban J connectivity index is 2.28. The van der Waals surface area contributed by atoms with E-state index in [2.05, 4.69) is 0 Å². The van der Waals surface area contributed by atoms with Crippen LogP contribution in [0, 0.1) is 0 Å². The van der Waals surface area contributed by atoms with Crippen molar-refractivity contribution in [2.45, 2.75) is 37.3 Å². The summed E-state index contributed by atoms with van der Waals surface area (Å²) in [5.41, 5.74) is 0. The van der Waals surface area contributed by atoms with Gasteiger partial charge < -0.3 is 14.2 Å². The lowest BCUT2D eigenvalue weighted by molar-refractivity contribution is -0.264. The molecule has 2 atom stereocenters. The summed E-state index contributed by atoms with van der Waals surface area (Å²) in [4.78, 5) is 11.7. The zero-order valence-electron chi connectivity index (χ0n) is 7.91. The number of methoxy groups -OCH3 is 2. The third kappa shape index (κ3) is 1.13. The van der Waals surface area contributed by atoms with Crippen molar-refractivity contribution in [3.05, 3.63) is 0 Å². The van der Waals surface area contributed by atoms with E-state index < -0.39 is 5.79 Å². The van der Waals surface area contributed by atoms with Crippen LogP contribution in [-0.4, -0.2) is 38.0 Å². The van der Waals surface area contributed by atoms with Gasteiger partial charge in [0.05, 0.1) is 6.10 Å². The summed E-state index contributed by atoms with van der Waals surface area (Å²) in [6.45, 7) is 0. The van der Waals surface area contributed by atoms with Gasteiger partial charge in [0, 0.05) is 20.6 Å². The lowest BCUT2D eigenvalue weighted by Gasteiger charge is -2.37. The average Bonchev–Trinajstić information content (AvgIpc) is 2.53. The van der Waals surface area contributed by atoms with Crippen LogP contribution in [0.1, 0.15) is 19.3 Å². The van der Waals surface area contributed by atoms with Crippen LogP contribution >= 0.6 is 0 Å². The van der Waals surface area contributed by atoms with E-state index in [4.69, 9.17) is 14.2 Å². The van der Waals surface area contributed by atoms with Gasteiger partial charge in [-0.15, -0.1) is 0 Å². The Morgan fingerprint density at radius 1 is 1.38 bits per heavy atom. The maximum absolute atomic E-state index is 11.7. The Morgan fingerprint density at radius 3 is 2.69 bits per heavy atom. The van der Waals surface area contributed by atoms with E-state index in [1.165, 1.54) is 14.2 Å². The normalized spacial score (nSPS) is 36.6. The molecule has 4 nitrogen and oxygen atoms in total. The zero-order chi connectivity index (χ0) is 9.47. The highest BCUT2D eigenvalue weighted by Gasteiger charge is 2.55. The molecular weight excluding hydrogens is 172 g/mol. The minimum absolute atomic E-state index is 0.0104. The number of rotatable bonds is 2. The number of hydrogen-bond donors (Lipinski definition) is 0. The maximum atomic E-state index is 11.7. The smallest absolute Gasteiger partial charge is 0.255 e. The van der Waals surface area contributed by atoms with Crippen molar-refractivity contribution in [2.24, 2.45) is 0 Å². The highest BCUT2D eigenvalue weighted by atomic mass is 16.7. The molecule has 2 fully saturated rings. The molecule has 74 valence electrons. The van der Waals surface area contributed by atoms with E-state index in [0.29, 0.717) is 6.42 Å². The summed E-state index contributed by atoms with van der Waals surface area (Å²) in [6.07, 6.45) is 2.07. The molecule has 13 heavy (non-hydrogen) atoms. The van der Waals surface area contributed by atoms with Gasteiger partial charge in [-0.3, -0.25) is 4.79 Å². The van der Waals surface area contributed by atoms with Crippen LogP contribution in [0.5, 0.6) is 0 Å². The fraction of sp³-hybridized carbons (Fsp3) is 0.889. The third-order valence-corrected chi connectivity index (χ3v) is 2.94. The summed E-state index contributed by atoms with van der Waals surface area (Å²) in [7, 11) is 2.98. The molecule has 2 aliphatic rings. The first-order valence-corrected chi connectivity index (χ1v) is 4.52. The SMILES string of the molecule is COC1(OC)C(=O)C[C@@H]2CC[C@H]1O2. The first-order chi connectivity index (χ1) is 6.23. The molecule has 0 saturated carbocycles. The van der Waals surface area contributed by atoms with E-state index in [0.717, 1.165) is 12.8 Å². The first-order valence-electron chi connectivity index (χ1n) is 4.52. The van der Waals surface area contributed by atoms with Crippen molar-refractivity contribution in [1.29, 1.82) is 0 Å². The van der Waals surface area contributed by atoms with Crippen LogP contribution in [-0.2, 0) is 19.0 Å². The van der Waals surface area contributed by atoms with Crippen LogP contribution < -0.4 is 0 Å². The van der Waals surface area contributed by atoms with Gasteiger partial charge in [-0.2, -0.15) is 0 Å². The quantitative estimate of drug-likeness (QED) is 0.589. The van der Waals surface area contributed by atoms with Gasteiger partial charge in [0.25, 0.3) is 5.79 Å². The van der Waals surface area contributed by atoms with Crippen molar-refractivity contribution in [2.75, 3.05) is 14.2 Å². The first kappa shape index (κ1) is 9.12. The molecule has 2 heterocycles. The Morgan fingerprint density at radius 2 is 2.08 bits per heavy atom. The molecule has 0 amide bonds. The Kier molecular flexibility index (Phi) is 2.14. The second-order valence-corrected chi connectivity index (χ2v) is 3.53. The van der Waals surface area contributed by atoms with Crippen molar-refractivity contribution < 1.29 is 19.0 Å². The molecule has 0 spiro atoms. The molecule has 4 heteroatoms. The Hall–Kier alpha value is -0.450. The van der Waals surface area contributed by atoms with Gasteiger partial charge in [-0.05, 0) is 12.8 Å². The summed E-state index contributed by atoms with van der Waals surface area (Å²) in [5, 5.41) is 0. The number of ether oxygens (including phenoxy) is 3. The molecule has 2 bridgehead atoms. The molecular formula is C9H14O4. The Labute approximate surface area is 77.1 Å². The van der Waals surface area contributed by atoms with Gasteiger partial charge in [0.15, 0.2) is 5.78 Å². The number of Topliss-reactive ketones (excluding diaryl/α,β-unsaturated/α-hetero) is 1. The van der Waals surface area contributed by atoms with Crippen LogP contribution in [0.3, 0.4) is 0 Å².